The summed E-state index contributed by atoms with van der Waals surface area (Å²) in [4.78, 5) is 0. The zero-order chi connectivity index (χ0) is 13.7. The van der Waals surface area contributed by atoms with Gasteiger partial charge in [0.2, 0.25) is 0 Å². The van der Waals surface area contributed by atoms with Crippen molar-refractivity contribution >= 4 is 0 Å². The second-order valence-corrected chi connectivity index (χ2v) is 6.87. The van der Waals surface area contributed by atoms with Crippen LogP contribution in [-0.2, 0) is 0 Å². The minimum Gasteiger partial charge on any atom is -0.390 e. The third-order valence-electron chi connectivity index (χ3n) is 5.42. The molecule has 2 aliphatic rings. The molecule has 0 aromatic rings. The van der Waals surface area contributed by atoms with Crippen molar-refractivity contribution in [3.8, 4) is 0 Å². The number of hydrogen-bond donors (Lipinski definition) is 3. The molecule has 104 valence electrons. The van der Waals surface area contributed by atoms with Gasteiger partial charge >= 0.3 is 0 Å². The van der Waals surface area contributed by atoms with Crippen LogP contribution in [0.4, 0.5) is 0 Å². The summed E-state index contributed by atoms with van der Waals surface area (Å²) in [7, 11) is 0. The number of rotatable bonds is 1. The summed E-state index contributed by atoms with van der Waals surface area (Å²) >= 11 is 0. The van der Waals surface area contributed by atoms with Gasteiger partial charge in [-0.05, 0) is 64.2 Å². The summed E-state index contributed by atoms with van der Waals surface area (Å²) in [5, 5.41) is 31.2. The second-order valence-electron chi connectivity index (χ2n) is 6.87. The molecule has 0 spiro atoms. The van der Waals surface area contributed by atoms with E-state index in [0.29, 0.717) is 18.8 Å². The van der Waals surface area contributed by atoms with Crippen LogP contribution in [0.5, 0.6) is 0 Å². The Morgan fingerprint density at radius 3 is 2.33 bits per heavy atom. The van der Waals surface area contributed by atoms with E-state index in [1.54, 1.807) is 6.92 Å². The normalized spacial score (nSPS) is 52.8. The van der Waals surface area contributed by atoms with Crippen molar-refractivity contribution in [1.29, 1.82) is 0 Å². The fourth-order valence-corrected chi connectivity index (χ4v) is 3.91. The Morgan fingerprint density at radius 1 is 1.17 bits per heavy atom. The Bertz CT molecular complexity index is 346. The Kier molecular flexibility index (Phi) is 3.37. The number of hydrogen-bond acceptors (Lipinski definition) is 3. The van der Waals surface area contributed by atoms with E-state index in [0.717, 1.165) is 18.4 Å². The van der Waals surface area contributed by atoms with Crippen LogP contribution >= 0.6 is 0 Å². The lowest BCUT2D eigenvalue weighted by Gasteiger charge is -2.35. The van der Waals surface area contributed by atoms with E-state index in [4.69, 9.17) is 0 Å². The first-order valence-corrected chi connectivity index (χ1v) is 6.94. The summed E-state index contributed by atoms with van der Waals surface area (Å²) in [6.45, 7) is 9.59. The van der Waals surface area contributed by atoms with Gasteiger partial charge in [-0.2, -0.15) is 0 Å². The fraction of sp³-hybridized carbons (Fsp3) is 0.867. The van der Waals surface area contributed by atoms with Crippen molar-refractivity contribution in [1.82, 2.24) is 0 Å². The molecule has 0 aromatic carbocycles. The van der Waals surface area contributed by atoms with Gasteiger partial charge in [0, 0.05) is 0 Å². The Balaban J connectivity index is 2.33. The summed E-state index contributed by atoms with van der Waals surface area (Å²) in [5.74, 6) is 0.266. The third-order valence-corrected chi connectivity index (χ3v) is 5.42. The van der Waals surface area contributed by atoms with E-state index in [2.05, 4.69) is 6.58 Å². The monoisotopic (exact) mass is 254 g/mol. The minimum absolute atomic E-state index is 0.0214. The zero-order valence-electron chi connectivity index (χ0n) is 11.7. The number of aliphatic hydroxyl groups excluding tert-OH is 1. The lowest BCUT2D eigenvalue weighted by Crippen LogP contribution is -2.43. The molecular weight excluding hydrogens is 228 g/mol. The van der Waals surface area contributed by atoms with Crippen molar-refractivity contribution in [3.63, 3.8) is 0 Å². The first-order valence-electron chi connectivity index (χ1n) is 6.94. The average molecular weight is 254 g/mol. The lowest BCUT2D eigenvalue weighted by atomic mass is 9.76. The highest BCUT2D eigenvalue weighted by molar-refractivity contribution is 5.11. The van der Waals surface area contributed by atoms with Gasteiger partial charge in [0.25, 0.3) is 0 Å². The van der Waals surface area contributed by atoms with Gasteiger partial charge in [-0.15, -0.1) is 0 Å². The highest BCUT2D eigenvalue weighted by Gasteiger charge is 2.57. The number of fused-ring (bicyclic) bond motifs is 1. The largest absolute Gasteiger partial charge is 0.390 e. The van der Waals surface area contributed by atoms with Gasteiger partial charge in [-0.1, -0.05) is 12.2 Å². The first-order chi connectivity index (χ1) is 8.16. The fourth-order valence-electron chi connectivity index (χ4n) is 3.91. The Hall–Kier alpha value is -0.380. The van der Waals surface area contributed by atoms with Gasteiger partial charge in [0.1, 0.15) is 0 Å². The molecular formula is C15H26O3. The van der Waals surface area contributed by atoms with Crippen molar-refractivity contribution in [2.45, 2.75) is 63.8 Å². The molecule has 0 radical (unpaired) electrons. The molecule has 2 saturated carbocycles. The Morgan fingerprint density at radius 2 is 1.78 bits per heavy atom. The van der Waals surface area contributed by atoms with Gasteiger partial charge < -0.3 is 15.3 Å². The molecule has 0 aromatic heterocycles. The maximum absolute atomic E-state index is 10.6. The zero-order valence-corrected chi connectivity index (χ0v) is 11.7. The van der Waals surface area contributed by atoms with Crippen molar-refractivity contribution < 1.29 is 15.3 Å². The maximum Gasteiger partial charge on any atom is 0.0909 e. The van der Waals surface area contributed by atoms with Crippen LogP contribution in [0, 0.1) is 17.8 Å². The molecule has 3 N–H and O–H groups in total. The Labute approximate surface area is 110 Å². The molecule has 0 unspecified atom stereocenters. The van der Waals surface area contributed by atoms with Crippen LogP contribution in [0.3, 0.4) is 0 Å². The van der Waals surface area contributed by atoms with Crippen LogP contribution in [0.15, 0.2) is 12.2 Å². The lowest BCUT2D eigenvalue weighted by molar-refractivity contribution is -0.0828. The van der Waals surface area contributed by atoms with E-state index >= 15 is 0 Å². The molecule has 0 aliphatic heterocycles. The van der Waals surface area contributed by atoms with Crippen molar-refractivity contribution in [2.75, 3.05) is 0 Å². The topological polar surface area (TPSA) is 60.7 Å². The molecule has 0 bridgehead atoms. The van der Waals surface area contributed by atoms with E-state index < -0.39 is 17.3 Å². The molecule has 18 heavy (non-hydrogen) atoms. The van der Waals surface area contributed by atoms with Crippen LogP contribution in [0.2, 0.25) is 0 Å². The van der Waals surface area contributed by atoms with Crippen LogP contribution in [-0.4, -0.2) is 32.6 Å². The highest BCUT2D eigenvalue weighted by Crippen LogP contribution is 2.52. The summed E-state index contributed by atoms with van der Waals surface area (Å²) in [6, 6.07) is 0. The SMILES string of the molecule is C=C(C)[C@H]1CC[C@@](C)(O)[C@H]2C[C@H](O)[C@](C)(O)[C@H]2C1. The molecule has 3 heteroatoms. The summed E-state index contributed by atoms with van der Waals surface area (Å²) in [5.41, 5.74) is -0.771. The molecule has 0 amide bonds. The van der Waals surface area contributed by atoms with Gasteiger partial charge in [-0.25, -0.2) is 0 Å². The summed E-state index contributed by atoms with van der Waals surface area (Å²) in [6.07, 6.45) is 2.21. The van der Waals surface area contributed by atoms with Crippen molar-refractivity contribution in [2.24, 2.45) is 17.8 Å². The molecule has 3 nitrogen and oxygen atoms in total. The minimum atomic E-state index is -1.09. The molecule has 0 saturated heterocycles. The molecule has 2 rings (SSSR count). The predicted molar refractivity (Wildman–Crippen MR) is 71.0 cm³/mol. The second kappa shape index (κ2) is 4.32. The smallest absolute Gasteiger partial charge is 0.0909 e. The maximum atomic E-state index is 10.6. The van der Waals surface area contributed by atoms with E-state index in [1.807, 2.05) is 13.8 Å². The van der Waals surface area contributed by atoms with Gasteiger partial charge in [-0.3, -0.25) is 0 Å². The number of allylic oxidation sites excluding steroid dienone is 1. The van der Waals surface area contributed by atoms with Gasteiger partial charge in [0.15, 0.2) is 0 Å². The van der Waals surface area contributed by atoms with Crippen LogP contribution in [0.1, 0.15) is 46.5 Å². The average Bonchev–Trinajstić information content (AvgIpc) is 2.39. The summed E-state index contributed by atoms with van der Waals surface area (Å²) < 4.78 is 0. The van der Waals surface area contributed by atoms with E-state index in [9.17, 15) is 15.3 Å². The molecule has 0 heterocycles. The first kappa shape index (κ1) is 14.0. The van der Waals surface area contributed by atoms with E-state index in [1.165, 1.54) is 0 Å². The van der Waals surface area contributed by atoms with Crippen LogP contribution in [0.25, 0.3) is 0 Å². The highest BCUT2D eigenvalue weighted by atomic mass is 16.3. The van der Waals surface area contributed by atoms with Crippen molar-refractivity contribution in [3.05, 3.63) is 12.2 Å². The molecule has 2 aliphatic carbocycles. The standard InChI is InChI=1S/C15H26O3/c1-9(2)10-5-6-14(3,17)11-8-13(16)15(4,18)12(11)7-10/h10-13,16-18H,1,5-8H2,2-4H3/t10-,11-,12-,13-,14+,15+/m0/s1. The number of aliphatic hydroxyl groups is 3. The van der Waals surface area contributed by atoms with Gasteiger partial charge in [0.05, 0.1) is 17.3 Å². The van der Waals surface area contributed by atoms with Crippen LogP contribution < -0.4 is 0 Å². The predicted octanol–water partition coefficient (Wildman–Crippen LogP) is 1.86. The molecule has 6 atom stereocenters. The third kappa shape index (κ3) is 2.13. The van der Waals surface area contributed by atoms with E-state index in [-0.39, 0.29) is 11.8 Å². The molecule has 2 fully saturated rings. The quantitative estimate of drug-likeness (QED) is 0.626.